The summed E-state index contributed by atoms with van der Waals surface area (Å²) in [5, 5.41) is 0. The molecule has 2 heterocycles. The number of para-hydroxylation sites is 1. The van der Waals surface area contributed by atoms with Crippen molar-refractivity contribution in [1.29, 1.82) is 0 Å². The Labute approximate surface area is 142 Å². The maximum atomic E-state index is 12.6. The number of carbonyl (C=O) groups excluding carboxylic acids is 1. The lowest BCUT2D eigenvalue weighted by Crippen LogP contribution is -2.39. The fraction of sp³-hybridized carbons (Fsp3) is 0.611. The van der Waals surface area contributed by atoms with Crippen LogP contribution in [-0.2, 0) is 14.6 Å². The second-order valence-corrected chi connectivity index (χ2v) is 9.45. The van der Waals surface area contributed by atoms with Crippen molar-refractivity contribution in [3.8, 4) is 5.75 Å². The number of fused-ring (bicyclic) bond motifs is 1. The van der Waals surface area contributed by atoms with E-state index in [1.54, 1.807) is 24.3 Å². The number of carbonyl (C=O) groups is 1. The molecule has 1 saturated carbocycles. The predicted octanol–water partition coefficient (Wildman–Crippen LogP) is 2.40. The number of ether oxygens (including phenoxy) is 1. The SMILES string of the molecule is O=C(C[C@H]1CS(=O)(=O)c2ccccc2O1)N1CCC2(CCCC2)C1. The summed E-state index contributed by atoms with van der Waals surface area (Å²) in [6.07, 6.45) is 5.62. The van der Waals surface area contributed by atoms with Gasteiger partial charge in [-0.1, -0.05) is 25.0 Å². The van der Waals surface area contributed by atoms with Gasteiger partial charge >= 0.3 is 0 Å². The van der Waals surface area contributed by atoms with Crippen molar-refractivity contribution in [1.82, 2.24) is 4.90 Å². The van der Waals surface area contributed by atoms with Crippen molar-refractivity contribution < 1.29 is 17.9 Å². The molecule has 0 aromatic heterocycles. The summed E-state index contributed by atoms with van der Waals surface area (Å²) in [5.74, 6) is 0.281. The molecule has 1 spiro atoms. The summed E-state index contributed by atoms with van der Waals surface area (Å²) in [7, 11) is -3.38. The summed E-state index contributed by atoms with van der Waals surface area (Å²) in [6.45, 7) is 1.64. The van der Waals surface area contributed by atoms with Crippen molar-refractivity contribution in [3.05, 3.63) is 24.3 Å². The third-order valence-corrected chi connectivity index (χ3v) is 7.56. The highest BCUT2D eigenvalue weighted by Crippen LogP contribution is 2.45. The molecule has 0 N–H and O–H groups in total. The van der Waals surface area contributed by atoms with Crippen LogP contribution in [0.3, 0.4) is 0 Å². The first kappa shape index (κ1) is 15.9. The molecule has 1 aliphatic carbocycles. The average molecular weight is 349 g/mol. The molecule has 0 bridgehead atoms. The Morgan fingerprint density at radius 3 is 2.75 bits per heavy atom. The van der Waals surface area contributed by atoms with Crippen molar-refractivity contribution in [2.24, 2.45) is 5.41 Å². The number of amides is 1. The van der Waals surface area contributed by atoms with Gasteiger partial charge < -0.3 is 9.64 Å². The van der Waals surface area contributed by atoms with Crippen LogP contribution in [0.5, 0.6) is 5.75 Å². The van der Waals surface area contributed by atoms with E-state index in [4.69, 9.17) is 4.74 Å². The normalized spacial score (nSPS) is 27.0. The number of likely N-dealkylation sites (tertiary alicyclic amines) is 1. The van der Waals surface area contributed by atoms with Gasteiger partial charge in [-0.05, 0) is 36.8 Å². The van der Waals surface area contributed by atoms with Gasteiger partial charge in [0.1, 0.15) is 16.7 Å². The van der Waals surface area contributed by atoms with E-state index in [0.717, 1.165) is 19.5 Å². The number of hydrogen-bond acceptors (Lipinski definition) is 4. The van der Waals surface area contributed by atoms with Crippen LogP contribution in [0, 0.1) is 5.41 Å². The van der Waals surface area contributed by atoms with E-state index < -0.39 is 15.9 Å². The lowest BCUT2D eigenvalue weighted by atomic mass is 9.86. The first-order valence-corrected chi connectivity index (χ1v) is 10.4. The zero-order chi connectivity index (χ0) is 16.8. The highest BCUT2D eigenvalue weighted by molar-refractivity contribution is 7.91. The molecule has 24 heavy (non-hydrogen) atoms. The zero-order valence-electron chi connectivity index (χ0n) is 13.7. The highest BCUT2D eigenvalue weighted by atomic mass is 32.2. The molecular formula is C18H23NO4S. The first-order valence-electron chi connectivity index (χ1n) is 8.74. The van der Waals surface area contributed by atoms with Crippen LogP contribution in [0.4, 0.5) is 0 Å². The van der Waals surface area contributed by atoms with Gasteiger partial charge in [0.25, 0.3) is 0 Å². The van der Waals surface area contributed by atoms with Gasteiger partial charge in [0, 0.05) is 13.1 Å². The van der Waals surface area contributed by atoms with Gasteiger partial charge in [0.05, 0.1) is 12.2 Å². The molecule has 1 aromatic rings. The molecule has 2 fully saturated rings. The molecule has 0 unspecified atom stereocenters. The van der Waals surface area contributed by atoms with Crippen molar-refractivity contribution in [2.45, 2.75) is 49.5 Å². The van der Waals surface area contributed by atoms with Gasteiger partial charge in [-0.2, -0.15) is 0 Å². The van der Waals surface area contributed by atoms with E-state index in [0.29, 0.717) is 11.2 Å². The summed E-state index contributed by atoms with van der Waals surface area (Å²) >= 11 is 0. The molecule has 6 heteroatoms. The van der Waals surface area contributed by atoms with Crippen molar-refractivity contribution in [2.75, 3.05) is 18.8 Å². The number of benzene rings is 1. The van der Waals surface area contributed by atoms with E-state index in [1.165, 1.54) is 25.7 Å². The van der Waals surface area contributed by atoms with Gasteiger partial charge in [0.2, 0.25) is 5.91 Å². The first-order chi connectivity index (χ1) is 11.5. The largest absolute Gasteiger partial charge is 0.487 e. The van der Waals surface area contributed by atoms with Crippen molar-refractivity contribution >= 4 is 15.7 Å². The fourth-order valence-electron chi connectivity index (χ4n) is 4.46. The Balaban J connectivity index is 1.44. The third-order valence-electron chi connectivity index (χ3n) is 5.74. The van der Waals surface area contributed by atoms with Crippen molar-refractivity contribution in [3.63, 3.8) is 0 Å². The lowest BCUT2D eigenvalue weighted by Gasteiger charge is -2.28. The molecule has 0 radical (unpaired) electrons. The second-order valence-electron chi connectivity index (χ2n) is 7.44. The molecule has 1 aromatic carbocycles. The third kappa shape index (κ3) is 2.81. The molecule has 4 rings (SSSR count). The molecule has 1 atom stereocenters. The molecule has 1 saturated heterocycles. The number of hydrogen-bond donors (Lipinski definition) is 0. The van der Waals surface area contributed by atoms with E-state index in [9.17, 15) is 13.2 Å². The molecule has 3 aliphatic rings. The monoisotopic (exact) mass is 349 g/mol. The Hall–Kier alpha value is -1.56. The summed E-state index contributed by atoms with van der Waals surface area (Å²) in [5.41, 5.74) is 0.335. The number of sulfone groups is 1. The van der Waals surface area contributed by atoms with E-state index >= 15 is 0 Å². The van der Waals surface area contributed by atoms with Crippen LogP contribution in [-0.4, -0.2) is 44.2 Å². The van der Waals surface area contributed by atoms with Gasteiger partial charge in [-0.15, -0.1) is 0 Å². The van der Waals surface area contributed by atoms with E-state index in [1.807, 2.05) is 4.90 Å². The Morgan fingerprint density at radius 2 is 1.96 bits per heavy atom. The molecule has 130 valence electrons. The second kappa shape index (κ2) is 5.76. The van der Waals surface area contributed by atoms with Crippen LogP contribution >= 0.6 is 0 Å². The minimum Gasteiger partial charge on any atom is -0.487 e. The minimum atomic E-state index is -3.38. The maximum Gasteiger partial charge on any atom is 0.226 e. The van der Waals surface area contributed by atoms with Crippen LogP contribution in [0.1, 0.15) is 38.5 Å². The summed E-state index contributed by atoms with van der Waals surface area (Å²) in [4.78, 5) is 14.8. The fourth-order valence-corrected chi connectivity index (χ4v) is 6.02. The standard InChI is InChI=1S/C18H23NO4S/c20-17(19-10-9-18(13-19)7-3-4-8-18)11-14-12-24(21,22)16-6-2-1-5-15(16)23-14/h1-2,5-6,14H,3-4,7-13H2/t14-/m0/s1. The van der Waals surface area contributed by atoms with Gasteiger partial charge in [-0.25, -0.2) is 8.42 Å². The van der Waals surface area contributed by atoms with Crippen LogP contribution in [0.25, 0.3) is 0 Å². The Morgan fingerprint density at radius 1 is 1.21 bits per heavy atom. The predicted molar refractivity (Wildman–Crippen MR) is 89.6 cm³/mol. The molecular weight excluding hydrogens is 326 g/mol. The molecule has 2 aliphatic heterocycles. The smallest absolute Gasteiger partial charge is 0.226 e. The number of rotatable bonds is 2. The van der Waals surface area contributed by atoms with E-state index in [2.05, 4.69) is 0 Å². The Bertz CT molecular complexity index is 752. The van der Waals surface area contributed by atoms with Gasteiger partial charge in [0.15, 0.2) is 9.84 Å². The Kier molecular flexibility index (Phi) is 3.82. The van der Waals surface area contributed by atoms with Crippen LogP contribution in [0.15, 0.2) is 29.2 Å². The quantitative estimate of drug-likeness (QED) is 0.822. The lowest BCUT2D eigenvalue weighted by molar-refractivity contribution is -0.132. The maximum absolute atomic E-state index is 12.6. The topological polar surface area (TPSA) is 63.7 Å². The summed E-state index contributed by atoms with van der Waals surface area (Å²) in [6, 6.07) is 6.67. The average Bonchev–Trinajstić information content (AvgIpc) is 3.17. The summed E-state index contributed by atoms with van der Waals surface area (Å²) < 4.78 is 30.6. The highest BCUT2D eigenvalue weighted by Gasteiger charge is 2.42. The number of nitrogens with zero attached hydrogens (tertiary/aromatic N) is 1. The molecule has 5 nitrogen and oxygen atoms in total. The molecule has 1 amide bonds. The van der Waals surface area contributed by atoms with E-state index in [-0.39, 0.29) is 23.0 Å². The van der Waals surface area contributed by atoms with Gasteiger partial charge in [-0.3, -0.25) is 4.79 Å². The van der Waals surface area contributed by atoms with Crippen LogP contribution < -0.4 is 4.74 Å². The minimum absolute atomic E-state index is 0.0263. The zero-order valence-corrected chi connectivity index (χ0v) is 14.6. The van der Waals surface area contributed by atoms with Crippen LogP contribution in [0.2, 0.25) is 0 Å².